The average Bonchev–Trinajstić information content (AvgIpc) is 2.72. The molecule has 0 aliphatic carbocycles. The lowest BCUT2D eigenvalue weighted by Gasteiger charge is -2.11. The van der Waals surface area contributed by atoms with Gasteiger partial charge in [0, 0.05) is 12.7 Å². The summed E-state index contributed by atoms with van der Waals surface area (Å²) in [6, 6.07) is 16.6. The Hall–Kier alpha value is -3.67. The normalized spacial score (nSPS) is 10.2. The molecule has 3 aromatic rings. The molecule has 0 aliphatic rings. The van der Waals surface area contributed by atoms with Crippen LogP contribution in [0.25, 0.3) is 0 Å². The number of anilines is 2. The molecule has 0 saturated heterocycles. The third-order valence-corrected chi connectivity index (χ3v) is 4.15. The quantitative estimate of drug-likeness (QED) is 0.640. The van der Waals surface area contributed by atoms with Crippen LogP contribution in [-0.4, -0.2) is 24.0 Å². The second-order valence-corrected chi connectivity index (χ2v) is 6.30. The molecule has 1 amide bonds. The molecule has 0 radical (unpaired) electrons. The highest BCUT2D eigenvalue weighted by Crippen LogP contribution is 2.21. The van der Waals surface area contributed by atoms with Crippen LogP contribution in [0.15, 0.2) is 67.0 Å². The molecule has 0 unspecified atom stereocenters. The third kappa shape index (κ3) is 4.73. The van der Waals surface area contributed by atoms with Crippen LogP contribution in [0.5, 0.6) is 0 Å². The number of pyridine rings is 1. The molecule has 2 N–H and O–H groups in total. The molecule has 0 atom stereocenters. The van der Waals surface area contributed by atoms with Crippen LogP contribution in [0.2, 0.25) is 0 Å². The summed E-state index contributed by atoms with van der Waals surface area (Å²) in [5, 5.41) is 6.01. The number of hydrogen-bond acceptors (Lipinski definition) is 5. The van der Waals surface area contributed by atoms with Gasteiger partial charge in [-0.25, -0.2) is 4.79 Å². The molecule has 0 saturated carbocycles. The second kappa shape index (κ2) is 8.81. The van der Waals surface area contributed by atoms with E-state index in [1.807, 2.05) is 31.2 Å². The molecule has 2 aromatic carbocycles. The molecule has 3 rings (SSSR count). The van der Waals surface area contributed by atoms with E-state index in [1.165, 1.54) is 13.3 Å². The van der Waals surface area contributed by atoms with Crippen LogP contribution in [0.3, 0.4) is 0 Å². The summed E-state index contributed by atoms with van der Waals surface area (Å²) in [6.45, 7) is 2.44. The van der Waals surface area contributed by atoms with Gasteiger partial charge in [0.1, 0.15) is 0 Å². The Labute approximate surface area is 163 Å². The molecule has 1 aromatic heterocycles. The number of nitrogens with one attached hydrogen (secondary N) is 2. The fourth-order valence-electron chi connectivity index (χ4n) is 2.77. The number of para-hydroxylation sites is 1. The first-order chi connectivity index (χ1) is 13.6. The largest absolute Gasteiger partial charge is 0.465 e. The number of nitrogens with zero attached hydrogens (tertiary/aromatic N) is 1. The minimum Gasteiger partial charge on any atom is -0.465 e. The Bertz CT molecular complexity index is 1000. The van der Waals surface area contributed by atoms with Crippen LogP contribution in [0.4, 0.5) is 11.4 Å². The Kier molecular flexibility index (Phi) is 6.01. The summed E-state index contributed by atoms with van der Waals surface area (Å²) in [4.78, 5) is 28.5. The van der Waals surface area contributed by atoms with Crippen molar-refractivity contribution in [3.05, 3.63) is 89.2 Å². The standard InChI is InChI=1S/C22H21N3O3/c1-15-6-5-7-16(10-15)12-24-21(26)17-11-18(14-23-13-17)25-20-9-4-3-8-19(20)22(27)28-2/h3-11,13-14,25H,12H2,1-2H3,(H,24,26). The van der Waals surface area contributed by atoms with Gasteiger partial charge in [-0.1, -0.05) is 42.0 Å². The van der Waals surface area contributed by atoms with E-state index >= 15 is 0 Å². The molecule has 6 nitrogen and oxygen atoms in total. The van der Waals surface area contributed by atoms with E-state index in [2.05, 4.69) is 15.6 Å². The van der Waals surface area contributed by atoms with Crippen molar-refractivity contribution in [3.8, 4) is 0 Å². The number of rotatable bonds is 6. The molecular weight excluding hydrogens is 354 g/mol. The number of amides is 1. The minimum absolute atomic E-state index is 0.223. The lowest BCUT2D eigenvalue weighted by molar-refractivity contribution is 0.0601. The monoisotopic (exact) mass is 375 g/mol. The van der Waals surface area contributed by atoms with E-state index in [1.54, 1.807) is 36.5 Å². The van der Waals surface area contributed by atoms with Crippen molar-refractivity contribution in [1.29, 1.82) is 0 Å². The van der Waals surface area contributed by atoms with Crippen molar-refractivity contribution in [1.82, 2.24) is 10.3 Å². The SMILES string of the molecule is COC(=O)c1ccccc1Nc1cncc(C(=O)NCc2cccc(C)c2)c1. The van der Waals surface area contributed by atoms with Gasteiger partial charge in [-0.15, -0.1) is 0 Å². The first-order valence-electron chi connectivity index (χ1n) is 8.80. The number of ether oxygens (including phenoxy) is 1. The van der Waals surface area contributed by atoms with E-state index in [-0.39, 0.29) is 5.91 Å². The number of aromatic nitrogens is 1. The number of carbonyl (C=O) groups excluding carboxylic acids is 2. The van der Waals surface area contributed by atoms with Crippen molar-refractivity contribution in [3.63, 3.8) is 0 Å². The minimum atomic E-state index is -0.442. The molecule has 28 heavy (non-hydrogen) atoms. The maximum atomic E-state index is 12.5. The number of hydrogen-bond donors (Lipinski definition) is 2. The molecule has 142 valence electrons. The van der Waals surface area contributed by atoms with Gasteiger partial charge in [-0.05, 0) is 30.7 Å². The number of esters is 1. The fraction of sp³-hybridized carbons (Fsp3) is 0.136. The summed E-state index contributed by atoms with van der Waals surface area (Å²) in [5.41, 5.74) is 4.17. The van der Waals surface area contributed by atoms with Gasteiger partial charge < -0.3 is 15.4 Å². The highest BCUT2D eigenvalue weighted by Gasteiger charge is 2.12. The Morgan fingerprint density at radius 3 is 2.64 bits per heavy atom. The van der Waals surface area contributed by atoms with Crippen molar-refractivity contribution < 1.29 is 14.3 Å². The van der Waals surface area contributed by atoms with E-state index in [0.29, 0.717) is 29.0 Å². The number of carbonyl (C=O) groups is 2. The maximum Gasteiger partial charge on any atom is 0.339 e. The van der Waals surface area contributed by atoms with Crippen LogP contribution in [0.1, 0.15) is 31.8 Å². The van der Waals surface area contributed by atoms with Gasteiger partial charge in [-0.3, -0.25) is 9.78 Å². The Morgan fingerprint density at radius 2 is 1.86 bits per heavy atom. The highest BCUT2D eigenvalue weighted by atomic mass is 16.5. The summed E-state index contributed by atoms with van der Waals surface area (Å²) >= 11 is 0. The average molecular weight is 375 g/mol. The lowest BCUT2D eigenvalue weighted by atomic mass is 10.1. The highest BCUT2D eigenvalue weighted by molar-refractivity contribution is 5.97. The Morgan fingerprint density at radius 1 is 1.04 bits per heavy atom. The fourth-order valence-corrected chi connectivity index (χ4v) is 2.77. The van der Waals surface area contributed by atoms with Crippen LogP contribution in [0, 0.1) is 6.92 Å². The summed E-state index contributed by atoms with van der Waals surface area (Å²) in [6.07, 6.45) is 3.09. The van der Waals surface area contributed by atoms with E-state index in [9.17, 15) is 9.59 Å². The zero-order valence-electron chi connectivity index (χ0n) is 15.7. The second-order valence-electron chi connectivity index (χ2n) is 6.30. The van der Waals surface area contributed by atoms with Gasteiger partial charge in [0.2, 0.25) is 0 Å². The van der Waals surface area contributed by atoms with Crippen molar-refractivity contribution in [2.45, 2.75) is 13.5 Å². The van der Waals surface area contributed by atoms with Crippen LogP contribution < -0.4 is 10.6 Å². The number of methoxy groups -OCH3 is 1. The zero-order chi connectivity index (χ0) is 19.9. The van der Waals surface area contributed by atoms with Gasteiger partial charge in [0.25, 0.3) is 5.91 Å². The van der Waals surface area contributed by atoms with Crippen molar-refractivity contribution in [2.24, 2.45) is 0 Å². The van der Waals surface area contributed by atoms with Crippen molar-refractivity contribution >= 4 is 23.3 Å². The summed E-state index contributed by atoms with van der Waals surface area (Å²) in [5.74, 6) is -0.665. The molecule has 0 aliphatic heterocycles. The lowest BCUT2D eigenvalue weighted by Crippen LogP contribution is -2.23. The van der Waals surface area contributed by atoms with Gasteiger partial charge in [-0.2, -0.15) is 0 Å². The molecule has 6 heteroatoms. The van der Waals surface area contributed by atoms with E-state index < -0.39 is 5.97 Å². The van der Waals surface area contributed by atoms with Crippen LogP contribution >= 0.6 is 0 Å². The van der Waals surface area contributed by atoms with Crippen molar-refractivity contribution in [2.75, 3.05) is 12.4 Å². The topological polar surface area (TPSA) is 80.3 Å². The first-order valence-corrected chi connectivity index (χ1v) is 8.80. The van der Waals surface area contributed by atoms with E-state index in [4.69, 9.17) is 4.74 Å². The summed E-state index contributed by atoms with van der Waals surface area (Å²) < 4.78 is 4.80. The predicted octanol–water partition coefficient (Wildman–Crippen LogP) is 3.85. The van der Waals surface area contributed by atoms with Gasteiger partial charge >= 0.3 is 5.97 Å². The third-order valence-electron chi connectivity index (χ3n) is 4.15. The molecule has 1 heterocycles. The van der Waals surface area contributed by atoms with Gasteiger partial charge in [0.15, 0.2) is 0 Å². The van der Waals surface area contributed by atoms with E-state index in [0.717, 1.165) is 11.1 Å². The first kappa shape index (κ1) is 19.1. The molecule has 0 fully saturated rings. The maximum absolute atomic E-state index is 12.5. The predicted molar refractivity (Wildman–Crippen MR) is 108 cm³/mol. The molecular formula is C22H21N3O3. The van der Waals surface area contributed by atoms with Crippen LogP contribution in [-0.2, 0) is 11.3 Å². The molecule has 0 bridgehead atoms. The zero-order valence-corrected chi connectivity index (χ0v) is 15.7. The number of aryl methyl sites for hydroxylation is 1. The smallest absolute Gasteiger partial charge is 0.339 e. The Balaban J connectivity index is 1.72. The molecule has 0 spiro atoms. The summed E-state index contributed by atoms with van der Waals surface area (Å²) in [7, 11) is 1.33. The number of benzene rings is 2. The van der Waals surface area contributed by atoms with Gasteiger partial charge in [0.05, 0.1) is 35.8 Å².